The first kappa shape index (κ1) is 17.9. The molecule has 0 aliphatic heterocycles. The van der Waals surface area contributed by atoms with E-state index in [0.29, 0.717) is 0 Å². The molecule has 2 aromatic rings. The topological polar surface area (TPSA) is 0 Å². The normalized spacial score (nSPS) is 10.5. The molecule has 0 unspecified atom stereocenters. The van der Waals surface area contributed by atoms with Crippen molar-refractivity contribution in [3.8, 4) is 23.7 Å². The Bertz CT molecular complexity index is 827. The van der Waals surface area contributed by atoms with Crippen molar-refractivity contribution in [3.05, 3.63) is 60.2 Å². The second-order valence-electron chi connectivity index (χ2n) is 6.20. The smallest absolute Gasteiger partial charge is 0.142 e. The number of nitrogens with zero attached hydrogens (tertiary/aromatic N) is 1. The van der Waals surface area contributed by atoms with Crippen LogP contribution in [0, 0.1) is 23.7 Å². The first-order valence-electron chi connectivity index (χ1n) is 8.56. The van der Waals surface area contributed by atoms with Gasteiger partial charge < -0.3 is 4.48 Å². The maximum Gasteiger partial charge on any atom is 0.142 e. The molecule has 0 fully saturated rings. The van der Waals surface area contributed by atoms with Crippen LogP contribution < -0.4 is 0 Å². The van der Waals surface area contributed by atoms with Gasteiger partial charge in [0.05, 0.1) is 13.1 Å². The molecule has 0 saturated heterocycles. The zero-order chi connectivity index (χ0) is 17.4. The molecule has 0 atom stereocenters. The summed E-state index contributed by atoms with van der Waals surface area (Å²) < 4.78 is 0.901. The lowest BCUT2D eigenvalue weighted by molar-refractivity contribution is -0.911. The van der Waals surface area contributed by atoms with Gasteiger partial charge in [0.1, 0.15) is 13.1 Å². The molecule has 2 aromatic carbocycles. The maximum absolute atomic E-state index is 3.85. The molecule has 24 heavy (non-hydrogen) atoms. The summed E-state index contributed by atoms with van der Waals surface area (Å²) >= 11 is 0. The molecule has 1 nitrogen and oxygen atoms in total. The number of fused-ring (bicyclic) bond motifs is 1. The summed E-state index contributed by atoms with van der Waals surface area (Å²) in [6.45, 7) is 13.9. The molecule has 0 saturated carbocycles. The molecule has 0 heterocycles. The van der Waals surface area contributed by atoms with E-state index in [-0.39, 0.29) is 0 Å². The molecule has 1 heteroatoms. The van der Waals surface area contributed by atoms with E-state index in [1.807, 2.05) is 6.92 Å². The van der Waals surface area contributed by atoms with Crippen LogP contribution in [-0.2, 0) is 0 Å². The Morgan fingerprint density at radius 1 is 0.958 bits per heavy atom. The van der Waals surface area contributed by atoms with Crippen LogP contribution in [0.5, 0.6) is 0 Å². The summed E-state index contributed by atoms with van der Waals surface area (Å²) in [6, 6.07) is 14.7. The predicted molar refractivity (Wildman–Crippen MR) is 104 cm³/mol. The van der Waals surface area contributed by atoms with Crippen LogP contribution in [0.15, 0.2) is 54.6 Å². The summed E-state index contributed by atoms with van der Waals surface area (Å²) in [4.78, 5) is 0. The highest BCUT2D eigenvalue weighted by Crippen LogP contribution is 2.17. The van der Waals surface area contributed by atoms with Gasteiger partial charge in [-0.1, -0.05) is 54.8 Å². The van der Waals surface area contributed by atoms with Crippen LogP contribution in [0.1, 0.15) is 26.3 Å². The predicted octanol–water partition coefficient (Wildman–Crippen LogP) is 4.63. The third kappa shape index (κ3) is 4.51. The SMILES string of the molecule is C=C(C)C#CC[N+](CC)(CC)CC#Cc1cccc2ccccc12. The fourth-order valence-electron chi connectivity index (χ4n) is 2.72. The summed E-state index contributed by atoms with van der Waals surface area (Å²) in [5.74, 6) is 13.1. The Kier molecular flexibility index (Phi) is 6.25. The van der Waals surface area contributed by atoms with Gasteiger partial charge in [-0.25, -0.2) is 0 Å². The number of hydrogen-bond acceptors (Lipinski definition) is 0. The van der Waals surface area contributed by atoms with Crippen LogP contribution in [-0.4, -0.2) is 30.7 Å². The van der Waals surface area contributed by atoms with Crippen LogP contribution in [0.25, 0.3) is 10.8 Å². The van der Waals surface area contributed by atoms with Crippen molar-refractivity contribution < 1.29 is 4.48 Å². The van der Waals surface area contributed by atoms with Gasteiger partial charge in [0.15, 0.2) is 0 Å². The van der Waals surface area contributed by atoms with Gasteiger partial charge in [0.25, 0.3) is 0 Å². The first-order valence-corrected chi connectivity index (χ1v) is 8.56. The van der Waals surface area contributed by atoms with Gasteiger partial charge >= 0.3 is 0 Å². The van der Waals surface area contributed by atoms with Crippen molar-refractivity contribution in [1.29, 1.82) is 0 Å². The van der Waals surface area contributed by atoms with E-state index in [9.17, 15) is 0 Å². The lowest BCUT2D eigenvalue weighted by atomic mass is 10.1. The summed E-state index contributed by atoms with van der Waals surface area (Å²) in [5, 5.41) is 2.46. The van der Waals surface area contributed by atoms with Crippen molar-refractivity contribution in [1.82, 2.24) is 0 Å². The number of benzene rings is 2. The lowest BCUT2D eigenvalue weighted by Crippen LogP contribution is -2.48. The molecule has 0 aliphatic rings. The molecule has 0 aromatic heterocycles. The van der Waals surface area contributed by atoms with Gasteiger partial charge in [-0.15, -0.1) is 0 Å². The molecule has 122 valence electrons. The average molecular weight is 316 g/mol. The quantitative estimate of drug-likeness (QED) is 0.570. The minimum absolute atomic E-state index is 0.821. The summed E-state index contributed by atoms with van der Waals surface area (Å²) in [5.41, 5.74) is 2.02. The van der Waals surface area contributed by atoms with E-state index in [2.05, 4.69) is 86.6 Å². The van der Waals surface area contributed by atoms with Crippen molar-refractivity contribution in [2.75, 3.05) is 26.2 Å². The Hall–Kier alpha value is -2.48. The highest BCUT2D eigenvalue weighted by molar-refractivity contribution is 5.88. The van der Waals surface area contributed by atoms with Crippen LogP contribution in [0.2, 0.25) is 0 Å². The van der Waals surface area contributed by atoms with E-state index in [4.69, 9.17) is 0 Å². The Morgan fingerprint density at radius 3 is 2.33 bits per heavy atom. The monoisotopic (exact) mass is 316 g/mol. The van der Waals surface area contributed by atoms with E-state index in [1.165, 1.54) is 10.8 Å². The lowest BCUT2D eigenvalue weighted by Gasteiger charge is -2.32. The molecule has 0 spiro atoms. The minimum Gasteiger partial charge on any atom is -0.304 e. The first-order chi connectivity index (χ1) is 11.6. The average Bonchev–Trinajstić information content (AvgIpc) is 2.60. The Morgan fingerprint density at radius 2 is 1.62 bits per heavy atom. The molecule has 0 aliphatic carbocycles. The standard InChI is InChI=1S/C23H26N/c1-5-24(6-2,18-10-12-20(3)4)19-11-16-22-15-9-14-21-13-7-8-17-23(21)22/h7-9,13-15,17H,3,5-6,18-19H2,1-2,4H3/q+1. The van der Waals surface area contributed by atoms with Crippen molar-refractivity contribution in [3.63, 3.8) is 0 Å². The maximum atomic E-state index is 3.85. The zero-order valence-corrected chi connectivity index (χ0v) is 15.0. The molecule has 0 radical (unpaired) electrons. The fourth-order valence-corrected chi connectivity index (χ4v) is 2.72. The Labute approximate surface area is 146 Å². The molecule has 0 amide bonds. The van der Waals surface area contributed by atoms with E-state index in [1.54, 1.807) is 0 Å². The van der Waals surface area contributed by atoms with Gasteiger partial charge in [0, 0.05) is 5.56 Å². The van der Waals surface area contributed by atoms with Crippen molar-refractivity contribution >= 4 is 10.8 Å². The summed E-state index contributed by atoms with van der Waals surface area (Å²) in [6.07, 6.45) is 0. The Balaban J connectivity index is 2.22. The number of quaternary nitrogens is 1. The number of rotatable bonds is 4. The van der Waals surface area contributed by atoms with Gasteiger partial charge in [-0.2, -0.15) is 0 Å². The number of allylic oxidation sites excluding steroid dienone is 1. The third-order valence-corrected chi connectivity index (χ3v) is 4.49. The van der Waals surface area contributed by atoms with Crippen LogP contribution in [0.4, 0.5) is 0 Å². The van der Waals surface area contributed by atoms with Crippen molar-refractivity contribution in [2.45, 2.75) is 20.8 Å². The van der Waals surface area contributed by atoms with Gasteiger partial charge in [0.2, 0.25) is 0 Å². The van der Waals surface area contributed by atoms with E-state index < -0.39 is 0 Å². The van der Waals surface area contributed by atoms with Crippen molar-refractivity contribution in [2.24, 2.45) is 0 Å². The highest BCUT2D eigenvalue weighted by atomic mass is 15.3. The molecular formula is C23H26N+. The van der Waals surface area contributed by atoms with E-state index in [0.717, 1.165) is 41.8 Å². The molecular weight excluding hydrogens is 290 g/mol. The molecule has 0 N–H and O–H groups in total. The highest BCUT2D eigenvalue weighted by Gasteiger charge is 2.20. The molecule has 0 bridgehead atoms. The third-order valence-electron chi connectivity index (χ3n) is 4.49. The van der Waals surface area contributed by atoms with Crippen LogP contribution in [0.3, 0.4) is 0 Å². The zero-order valence-electron chi connectivity index (χ0n) is 15.0. The minimum atomic E-state index is 0.821. The second kappa shape index (κ2) is 8.39. The fraction of sp³-hybridized carbons (Fsp3) is 0.304. The van der Waals surface area contributed by atoms with Gasteiger partial charge in [-0.3, -0.25) is 0 Å². The van der Waals surface area contributed by atoms with E-state index >= 15 is 0 Å². The number of hydrogen-bond donors (Lipinski definition) is 0. The van der Waals surface area contributed by atoms with Gasteiger partial charge in [-0.05, 0) is 55.0 Å². The molecule has 2 rings (SSSR count). The summed E-state index contributed by atoms with van der Waals surface area (Å²) in [7, 11) is 0. The second-order valence-corrected chi connectivity index (χ2v) is 6.20. The largest absolute Gasteiger partial charge is 0.304 e. The van der Waals surface area contributed by atoms with Crippen LogP contribution >= 0.6 is 0 Å².